The summed E-state index contributed by atoms with van der Waals surface area (Å²) in [6.07, 6.45) is 1.99. The zero-order chi connectivity index (χ0) is 21.5. The number of aromatic nitrogens is 2. The van der Waals surface area contributed by atoms with Gasteiger partial charge in [-0.25, -0.2) is 9.07 Å². The Balaban J connectivity index is 1.18. The number of nitrogens with one attached hydrogen (secondary N) is 2. The van der Waals surface area contributed by atoms with Crippen molar-refractivity contribution in [2.45, 2.75) is 37.3 Å². The molecule has 2 N–H and O–H groups in total. The highest BCUT2D eigenvalue weighted by Gasteiger charge is 2.69. The first-order chi connectivity index (χ1) is 14.2. The van der Waals surface area contributed by atoms with Crippen molar-refractivity contribution < 1.29 is 23.5 Å². The van der Waals surface area contributed by atoms with Gasteiger partial charge in [0, 0.05) is 30.3 Å². The molecule has 0 unspecified atom stereocenters. The van der Waals surface area contributed by atoms with Crippen LogP contribution in [0.3, 0.4) is 0 Å². The molecule has 2 amide bonds. The fourth-order valence-corrected chi connectivity index (χ4v) is 4.41. The van der Waals surface area contributed by atoms with Crippen LogP contribution in [0.1, 0.15) is 25.0 Å². The van der Waals surface area contributed by atoms with E-state index < -0.39 is 5.82 Å². The lowest BCUT2D eigenvalue weighted by molar-refractivity contribution is -0.151. The van der Waals surface area contributed by atoms with Gasteiger partial charge in [0.05, 0.1) is 10.7 Å². The van der Waals surface area contributed by atoms with Crippen molar-refractivity contribution in [3.05, 3.63) is 40.8 Å². The summed E-state index contributed by atoms with van der Waals surface area (Å²) in [5, 5.41) is 10.1. The Morgan fingerprint density at radius 3 is 2.27 bits per heavy atom. The maximum absolute atomic E-state index is 13.4. The highest BCUT2D eigenvalue weighted by molar-refractivity contribution is 6.30. The molecule has 3 aliphatic rings. The summed E-state index contributed by atoms with van der Waals surface area (Å²) < 4.78 is 25.8. The molecule has 2 bridgehead atoms. The van der Waals surface area contributed by atoms with Crippen molar-refractivity contribution in [1.29, 1.82) is 0 Å². The van der Waals surface area contributed by atoms with Crippen molar-refractivity contribution in [2.24, 2.45) is 7.05 Å². The van der Waals surface area contributed by atoms with E-state index in [0.29, 0.717) is 25.1 Å². The van der Waals surface area contributed by atoms with Crippen LogP contribution >= 0.6 is 11.6 Å². The third-order valence-corrected chi connectivity index (χ3v) is 5.72. The first-order valence-electron chi connectivity index (χ1n) is 9.51. The Hall–Kier alpha value is -2.81. The van der Waals surface area contributed by atoms with Crippen LogP contribution in [0.4, 0.5) is 4.39 Å². The normalized spacial score (nSPS) is 23.7. The van der Waals surface area contributed by atoms with E-state index >= 15 is 0 Å². The highest BCUT2D eigenvalue weighted by atomic mass is 35.5. The van der Waals surface area contributed by atoms with Gasteiger partial charge in [-0.2, -0.15) is 5.10 Å². The van der Waals surface area contributed by atoms with E-state index in [9.17, 15) is 14.0 Å². The number of hydrogen-bond acceptors (Lipinski definition) is 5. The lowest BCUT2D eigenvalue weighted by atomic mass is 9.44. The SMILES string of the molecule is Cc1cc(OCC(=O)NC23CC(NC(=O)COc4ccc(Cl)c(F)c4)(C2)C3)n(C)n1. The molecule has 8 nitrogen and oxygen atoms in total. The molecule has 30 heavy (non-hydrogen) atoms. The molecule has 0 radical (unpaired) electrons. The Morgan fingerprint density at radius 2 is 1.73 bits per heavy atom. The number of rotatable bonds is 8. The molecule has 5 rings (SSSR count). The molecule has 3 fully saturated rings. The van der Waals surface area contributed by atoms with E-state index in [1.807, 2.05) is 6.92 Å². The lowest BCUT2D eigenvalue weighted by Gasteiger charge is -2.70. The number of hydrogen-bond donors (Lipinski definition) is 2. The quantitative estimate of drug-likeness (QED) is 0.659. The van der Waals surface area contributed by atoms with E-state index in [1.165, 1.54) is 12.1 Å². The summed E-state index contributed by atoms with van der Waals surface area (Å²) in [6, 6.07) is 5.77. The fourth-order valence-electron chi connectivity index (χ4n) is 4.29. The molecular formula is C20H22ClFN4O4. The van der Waals surface area contributed by atoms with Crippen LogP contribution in [-0.4, -0.2) is 45.9 Å². The van der Waals surface area contributed by atoms with E-state index in [1.54, 1.807) is 17.8 Å². The van der Waals surface area contributed by atoms with Crippen molar-refractivity contribution in [3.63, 3.8) is 0 Å². The number of halogens is 2. The van der Waals surface area contributed by atoms with Gasteiger partial charge in [0.15, 0.2) is 13.2 Å². The number of benzene rings is 1. The minimum atomic E-state index is -0.603. The van der Waals surface area contributed by atoms with Gasteiger partial charge >= 0.3 is 0 Å². The van der Waals surface area contributed by atoms with Gasteiger partial charge in [-0.3, -0.25) is 9.59 Å². The molecule has 160 valence electrons. The van der Waals surface area contributed by atoms with Gasteiger partial charge in [0.25, 0.3) is 11.8 Å². The summed E-state index contributed by atoms with van der Waals surface area (Å²) >= 11 is 5.62. The fraction of sp³-hybridized carbons (Fsp3) is 0.450. The first kappa shape index (κ1) is 20.5. The Morgan fingerprint density at radius 1 is 1.13 bits per heavy atom. The van der Waals surface area contributed by atoms with Gasteiger partial charge in [-0.15, -0.1) is 0 Å². The van der Waals surface area contributed by atoms with E-state index in [0.717, 1.165) is 11.8 Å². The summed E-state index contributed by atoms with van der Waals surface area (Å²) in [7, 11) is 1.75. The van der Waals surface area contributed by atoms with Crippen LogP contribution in [0.5, 0.6) is 11.6 Å². The van der Waals surface area contributed by atoms with Crippen LogP contribution in [0, 0.1) is 12.7 Å². The summed E-state index contributed by atoms with van der Waals surface area (Å²) in [5.41, 5.74) is 0.227. The molecule has 2 aromatic rings. The van der Waals surface area contributed by atoms with Gasteiger partial charge in [-0.05, 0) is 38.3 Å². The molecule has 3 aliphatic carbocycles. The van der Waals surface area contributed by atoms with Gasteiger partial charge in [-0.1, -0.05) is 11.6 Å². The van der Waals surface area contributed by atoms with E-state index in [4.69, 9.17) is 21.1 Å². The maximum Gasteiger partial charge on any atom is 0.258 e. The van der Waals surface area contributed by atoms with Crippen molar-refractivity contribution in [2.75, 3.05) is 13.2 Å². The molecule has 1 aromatic heterocycles. The second kappa shape index (κ2) is 7.46. The average Bonchev–Trinajstić information content (AvgIpc) is 2.95. The molecule has 1 heterocycles. The minimum absolute atomic E-state index is 0.00570. The van der Waals surface area contributed by atoms with Crippen LogP contribution in [0.25, 0.3) is 0 Å². The summed E-state index contributed by atoms with van der Waals surface area (Å²) in [6.45, 7) is 1.53. The third-order valence-electron chi connectivity index (χ3n) is 5.41. The predicted octanol–water partition coefficient (Wildman–Crippen LogP) is 1.89. The summed E-state index contributed by atoms with van der Waals surface area (Å²) in [5.74, 6) is -0.336. The molecule has 0 aliphatic heterocycles. The van der Waals surface area contributed by atoms with Crippen molar-refractivity contribution in [3.8, 4) is 11.6 Å². The lowest BCUT2D eigenvalue weighted by Crippen LogP contribution is -2.84. The van der Waals surface area contributed by atoms with Gasteiger partial charge < -0.3 is 20.1 Å². The van der Waals surface area contributed by atoms with Crippen LogP contribution in [0.15, 0.2) is 24.3 Å². The number of aryl methyl sites for hydroxylation is 2. The predicted molar refractivity (Wildman–Crippen MR) is 106 cm³/mol. The largest absolute Gasteiger partial charge is 0.484 e. The number of carbonyl (C=O) groups is 2. The minimum Gasteiger partial charge on any atom is -0.484 e. The smallest absolute Gasteiger partial charge is 0.258 e. The first-order valence-corrected chi connectivity index (χ1v) is 9.89. The Kier molecular flexibility index (Phi) is 5.09. The molecule has 0 saturated heterocycles. The summed E-state index contributed by atoms with van der Waals surface area (Å²) in [4.78, 5) is 24.3. The van der Waals surface area contributed by atoms with Crippen molar-refractivity contribution >= 4 is 23.4 Å². The molecule has 3 saturated carbocycles. The van der Waals surface area contributed by atoms with E-state index in [-0.39, 0.29) is 46.9 Å². The highest BCUT2D eigenvalue weighted by Crippen LogP contribution is 2.60. The standard InChI is InChI=1S/C20H22ClFN4O4/c1-12-5-18(26(2)25-12)30-8-17(28)24-20-9-19(10-20,11-20)23-16(27)7-29-13-3-4-14(21)15(22)6-13/h3-6H,7-11H2,1-2H3,(H,23,27)(H,24,28). The molecule has 0 atom stereocenters. The van der Waals surface area contributed by atoms with Crippen molar-refractivity contribution in [1.82, 2.24) is 20.4 Å². The maximum atomic E-state index is 13.4. The van der Waals surface area contributed by atoms with Crippen LogP contribution in [0.2, 0.25) is 5.02 Å². The van der Waals surface area contributed by atoms with Crippen LogP contribution < -0.4 is 20.1 Å². The number of nitrogens with zero attached hydrogens (tertiary/aromatic N) is 2. The Labute approximate surface area is 177 Å². The second-order valence-electron chi connectivity index (χ2n) is 8.09. The Bertz CT molecular complexity index is 989. The molecule has 10 heteroatoms. The van der Waals surface area contributed by atoms with Gasteiger partial charge in [0.1, 0.15) is 11.6 Å². The topological polar surface area (TPSA) is 94.5 Å². The zero-order valence-corrected chi connectivity index (χ0v) is 17.4. The number of amides is 2. The van der Waals surface area contributed by atoms with Gasteiger partial charge in [0.2, 0.25) is 5.88 Å². The molecule has 1 aromatic carbocycles. The van der Waals surface area contributed by atoms with Crippen LogP contribution in [-0.2, 0) is 16.6 Å². The third kappa shape index (κ3) is 4.07. The monoisotopic (exact) mass is 436 g/mol. The number of carbonyl (C=O) groups excluding carboxylic acids is 2. The van der Waals surface area contributed by atoms with E-state index in [2.05, 4.69) is 15.7 Å². The average molecular weight is 437 g/mol. The number of ether oxygens (including phenoxy) is 2. The zero-order valence-electron chi connectivity index (χ0n) is 16.6. The molecular weight excluding hydrogens is 415 g/mol. The molecule has 0 spiro atoms. The second-order valence-corrected chi connectivity index (χ2v) is 8.50.